The van der Waals surface area contributed by atoms with Crippen LogP contribution in [0.1, 0.15) is 5.56 Å². The standard InChI is InChI=1S/C18H16N2O2/c19-13-14-5-4-12-20-18(14)22-17-10-8-16(9-11-17)21-15-6-2-1-3-7-15/h1-12H,13,19H2. The first-order valence-corrected chi connectivity index (χ1v) is 7.00. The Morgan fingerprint density at radius 1 is 0.727 bits per heavy atom. The minimum Gasteiger partial charge on any atom is -0.457 e. The SMILES string of the molecule is NCc1cccnc1Oc1ccc(Oc2ccccc2)cc1. The summed E-state index contributed by atoms with van der Waals surface area (Å²) in [4.78, 5) is 4.20. The number of pyridine rings is 1. The zero-order chi connectivity index (χ0) is 15.2. The van der Waals surface area contributed by atoms with Crippen LogP contribution in [0.3, 0.4) is 0 Å². The zero-order valence-corrected chi connectivity index (χ0v) is 12.0. The predicted molar refractivity (Wildman–Crippen MR) is 85.2 cm³/mol. The molecule has 0 saturated carbocycles. The van der Waals surface area contributed by atoms with E-state index in [1.54, 1.807) is 6.20 Å². The maximum absolute atomic E-state index is 5.76. The number of ether oxygens (including phenoxy) is 2. The van der Waals surface area contributed by atoms with Gasteiger partial charge in [0.25, 0.3) is 0 Å². The topological polar surface area (TPSA) is 57.4 Å². The van der Waals surface area contributed by atoms with Gasteiger partial charge in [-0.1, -0.05) is 24.3 Å². The van der Waals surface area contributed by atoms with E-state index >= 15 is 0 Å². The lowest BCUT2D eigenvalue weighted by Crippen LogP contribution is -2.00. The Bertz CT molecular complexity index is 728. The highest BCUT2D eigenvalue weighted by atomic mass is 16.5. The number of hydrogen-bond acceptors (Lipinski definition) is 4. The fraction of sp³-hybridized carbons (Fsp3) is 0.0556. The van der Waals surface area contributed by atoms with Gasteiger partial charge in [0.1, 0.15) is 17.2 Å². The van der Waals surface area contributed by atoms with E-state index in [1.165, 1.54) is 0 Å². The van der Waals surface area contributed by atoms with E-state index in [0.29, 0.717) is 18.2 Å². The van der Waals surface area contributed by atoms with Crippen molar-refractivity contribution < 1.29 is 9.47 Å². The van der Waals surface area contributed by atoms with Crippen LogP contribution in [0.2, 0.25) is 0 Å². The molecular weight excluding hydrogens is 276 g/mol. The lowest BCUT2D eigenvalue weighted by atomic mass is 10.2. The summed E-state index contributed by atoms with van der Waals surface area (Å²) < 4.78 is 11.5. The quantitative estimate of drug-likeness (QED) is 0.768. The van der Waals surface area contributed by atoms with Crippen molar-refractivity contribution in [3.05, 3.63) is 78.5 Å². The van der Waals surface area contributed by atoms with Crippen LogP contribution in [0.25, 0.3) is 0 Å². The second-order valence-corrected chi connectivity index (χ2v) is 4.66. The van der Waals surface area contributed by atoms with Gasteiger partial charge < -0.3 is 15.2 Å². The Hall–Kier alpha value is -2.85. The Kier molecular flexibility index (Phi) is 4.32. The fourth-order valence-corrected chi connectivity index (χ4v) is 1.98. The summed E-state index contributed by atoms with van der Waals surface area (Å²) in [5, 5.41) is 0. The second kappa shape index (κ2) is 6.74. The van der Waals surface area contributed by atoms with Gasteiger partial charge in [0.15, 0.2) is 0 Å². The van der Waals surface area contributed by atoms with Crippen molar-refractivity contribution in [3.8, 4) is 23.1 Å². The second-order valence-electron chi connectivity index (χ2n) is 4.66. The molecule has 0 saturated heterocycles. The molecule has 0 radical (unpaired) electrons. The summed E-state index contributed by atoms with van der Waals surface area (Å²) in [6, 6.07) is 20.8. The molecule has 0 aliphatic rings. The fourth-order valence-electron chi connectivity index (χ4n) is 1.98. The highest BCUT2D eigenvalue weighted by Crippen LogP contribution is 2.27. The van der Waals surface area contributed by atoms with Crippen molar-refractivity contribution in [2.24, 2.45) is 5.73 Å². The molecule has 0 atom stereocenters. The first kappa shape index (κ1) is 14.1. The van der Waals surface area contributed by atoms with Crippen LogP contribution in [0, 0.1) is 0 Å². The number of benzene rings is 2. The first-order valence-electron chi connectivity index (χ1n) is 7.00. The Morgan fingerprint density at radius 3 is 2.05 bits per heavy atom. The highest BCUT2D eigenvalue weighted by molar-refractivity contribution is 5.38. The summed E-state index contributed by atoms with van der Waals surface area (Å²) in [6.07, 6.45) is 1.68. The van der Waals surface area contributed by atoms with Crippen molar-refractivity contribution in [2.75, 3.05) is 0 Å². The minimum atomic E-state index is 0.387. The van der Waals surface area contributed by atoms with Gasteiger partial charge in [-0.3, -0.25) is 0 Å². The number of nitrogens with two attached hydrogens (primary N) is 1. The number of hydrogen-bond donors (Lipinski definition) is 1. The molecule has 3 aromatic rings. The third kappa shape index (κ3) is 3.42. The molecule has 0 bridgehead atoms. The van der Waals surface area contributed by atoms with Gasteiger partial charge in [-0.05, 0) is 42.5 Å². The van der Waals surface area contributed by atoms with E-state index in [4.69, 9.17) is 15.2 Å². The zero-order valence-electron chi connectivity index (χ0n) is 12.0. The molecule has 4 heteroatoms. The predicted octanol–water partition coefficient (Wildman–Crippen LogP) is 4.12. The first-order chi connectivity index (χ1) is 10.8. The summed E-state index contributed by atoms with van der Waals surface area (Å²) in [5.41, 5.74) is 6.54. The molecular formula is C18H16N2O2. The van der Waals surface area contributed by atoms with Crippen molar-refractivity contribution in [1.29, 1.82) is 0 Å². The van der Waals surface area contributed by atoms with Gasteiger partial charge in [-0.15, -0.1) is 0 Å². The van der Waals surface area contributed by atoms with Crippen molar-refractivity contribution in [2.45, 2.75) is 6.54 Å². The van der Waals surface area contributed by atoms with E-state index in [0.717, 1.165) is 17.1 Å². The van der Waals surface area contributed by atoms with Crippen LogP contribution in [0.4, 0.5) is 0 Å². The van der Waals surface area contributed by atoms with Gasteiger partial charge >= 0.3 is 0 Å². The lowest BCUT2D eigenvalue weighted by molar-refractivity contribution is 0.451. The molecule has 0 aliphatic heterocycles. The van der Waals surface area contributed by atoms with Gasteiger partial charge in [0, 0.05) is 18.3 Å². The smallest absolute Gasteiger partial charge is 0.223 e. The average Bonchev–Trinajstić information content (AvgIpc) is 2.58. The number of para-hydroxylation sites is 1. The van der Waals surface area contributed by atoms with Crippen molar-refractivity contribution in [1.82, 2.24) is 4.98 Å². The molecule has 110 valence electrons. The van der Waals surface area contributed by atoms with Crippen molar-refractivity contribution in [3.63, 3.8) is 0 Å². The summed E-state index contributed by atoms with van der Waals surface area (Å²) in [5.74, 6) is 2.76. The molecule has 1 aromatic heterocycles. The third-order valence-electron chi connectivity index (χ3n) is 3.09. The van der Waals surface area contributed by atoms with Crippen LogP contribution < -0.4 is 15.2 Å². The van der Waals surface area contributed by atoms with E-state index in [1.807, 2.05) is 66.7 Å². The van der Waals surface area contributed by atoms with Crippen LogP contribution in [-0.2, 0) is 6.54 Å². The van der Waals surface area contributed by atoms with Crippen LogP contribution in [-0.4, -0.2) is 4.98 Å². The van der Waals surface area contributed by atoms with E-state index in [2.05, 4.69) is 4.98 Å². The number of nitrogens with zero attached hydrogens (tertiary/aromatic N) is 1. The average molecular weight is 292 g/mol. The molecule has 3 rings (SSSR count). The maximum Gasteiger partial charge on any atom is 0.223 e. The monoisotopic (exact) mass is 292 g/mol. The minimum absolute atomic E-state index is 0.387. The number of rotatable bonds is 5. The number of aromatic nitrogens is 1. The normalized spacial score (nSPS) is 10.2. The molecule has 0 fully saturated rings. The molecule has 4 nitrogen and oxygen atoms in total. The van der Waals surface area contributed by atoms with Crippen LogP contribution in [0.15, 0.2) is 72.9 Å². The van der Waals surface area contributed by atoms with Crippen LogP contribution in [0.5, 0.6) is 23.1 Å². The molecule has 0 unspecified atom stereocenters. The molecule has 1 heterocycles. The summed E-state index contributed by atoms with van der Waals surface area (Å²) in [6.45, 7) is 0.387. The van der Waals surface area contributed by atoms with Gasteiger partial charge in [0.2, 0.25) is 5.88 Å². The van der Waals surface area contributed by atoms with Crippen molar-refractivity contribution >= 4 is 0 Å². The van der Waals surface area contributed by atoms with Gasteiger partial charge in [-0.2, -0.15) is 0 Å². The molecule has 2 aromatic carbocycles. The van der Waals surface area contributed by atoms with Crippen LogP contribution >= 0.6 is 0 Å². The molecule has 0 amide bonds. The molecule has 0 spiro atoms. The van der Waals surface area contributed by atoms with E-state index in [-0.39, 0.29) is 0 Å². The maximum atomic E-state index is 5.76. The van der Waals surface area contributed by atoms with E-state index in [9.17, 15) is 0 Å². The molecule has 0 aliphatic carbocycles. The van der Waals surface area contributed by atoms with Gasteiger partial charge in [0.05, 0.1) is 0 Å². The summed E-state index contributed by atoms with van der Waals surface area (Å²) in [7, 11) is 0. The Balaban J connectivity index is 1.72. The van der Waals surface area contributed by atoms with Gasteiger partial charge in [-0.25, -0.2) is 4.98 Å². The Labute approximate surface area is 129 Å². The Morgan fingerprint density at radius 2 is 1.36 bits per heavy atom. The third-order valence-corrected chi connectivity index (χ3v) is 3.09. The highest BCUT2D eigenvalue weighted by Gasteiger charge is 2.05. The van der Waals surface area contributed by atoms with E-state index < -0.39 is 0 Å². The molecule has 22 heavy (non-hydrogen) atoms. The molecule has 2 N–H and O–H groups in total. The lowest BCUT2D eigenvalue weighted by Gasteiger charge is -2.09. The summed E-state index contributed by atoms with van der Waals surface area (Å²) >= 11 is 0. The largest absolute Gasteiger partial charge is 0.457 e.